The van der Waals surface area contributed by atoms with Crippen molar-refractivity contribution < 1.29 is 4.74 Å². The molecule has 1 aliphatic carbocycles. The minimum atomic E-state index is -0.0241. The lowest BCUT2D eigenvalue weighted by Crippen LogP contribution is -2.41. The molecular weight excluding hydrogens is 290 g/mol. The Hall–Kier alpha value is -0.540. The molecule has 1 aromatic rings. The first-order chi connectivity index (χ1) is 8.39. The summed E-state index contributed by atoms with van der Waals surface area (Å²) in [6.07, 6.45) is 4.41. The van der Waals surface area contributed by atoms with Gasteiger partial charge in [-0.15, -0.1) is 0 Å². The van der Waals surface area contributed by atoms with Gasteiger partial charge in [0.1, 0.15) is 11.4 Å². The van der Waals surface area contributed by atoms with E-state index in [0.29, 0.717) is 5.41 Å². The van der Waals surface area contributed by atoms with Crippen molar-refractivity contribution in [3.05, 3.63) is 28.2 Å². The van der Waals surface area contributed by atoms with Crippen LogP contribution in [0.25, 0.3) is 0 Å². The molecular formula is C15H20BrNO. The van der Waals surface area contributed by atoms with Crippen molar-refractivity contribution in [3.63, 3.8) is 0 Å². The molecule has 0 bridgehead atoms. The first-order valence-corrected chi connectivity index (χ1v) is 7.43. The van der Waals surface area contributed by atoms with Crippen molar-refractivity contribution in [1.82, 2.24) is 0 Å². The van der Waals surface area contributed by atoms with E-state index in [-0.39, 0.29) is 11.6 Å². The predicted molar refractivity (Wildman–Crippen MR) is 76.7 cm³/mol. The van der Waals surface area contributed by atoms with Gasteiger partial charge in [0.2, 0.25) is 0 Å². The molecule has 2 N–H and O–H groups in total. The van der Waals surface area contributed by atoms with E-state index in [1.807, 2.05) is 12.1 Å². The van der Waals surface area contributed by atoms with E-state index < -0.39 is 0 Å². The second-order valence-electron chi connectivity index (χ2n) is 6.62. The third-order valence-electron chi connectivity index (χ3n) is 4.35. The lowest BCUT2D eigenvalue weighted by atomic mass is 9.83. The summed E-state index contributed by atoms with van der Waals surface area (Å²) in [5, 5.41) is 0. The monoisotopic (exact) mass is 309 g/mol. The molecule has 1 spiro atoms. The van der Waals surface area contributed by atoms with Gasteiger partial charge in [-0.2, -0.15) is 0 Å². The quantitative estimate of drug-likeness (QED) is 0.780. The highest BCUT2D eigenvalue weighted by atomic mass is 79.9. The van der Waals surface area contributed by atoms with Crippen LogP contribution >= 0.6 is 15.9 Å². The SMILES string of the molecule is CC1(C)CCC2(C[C@@H](N)c3cc(Br)ccc3O2)C1. The molecule has 1 unspecified atom stereocenters. The van der Waals surface area contributed by atoms with Gasteiger partial charge in [-0.1, -0.05) is 29.8 Å². The van der Waals surface area contributed by atoms with Gasteiger partial charge in [-0.05, 0) is 42.9 Å². The molecule has 98 valence electrons. The highest BCUT2D eigenvalue weighted by Gasteiger charge is 2.48. The zero-order chi connectivity index (χ0) is 13.0. The Morgan fingerprint density at radius 2 is 2.11 bits per heavy atom. The number of hydrogen-bond acceptors (Lipinski definition) is 2. The lowest BCUT2D eigenvalue weighted by Gasteiger charge is -2.39. The van der Waals surface area contributed by atoms with Crippen LogP contribution < -0.4 is 10.5 Å². The third-order valence-corrected chi connectivity index (χ3v) is 4.84. The standard InChI is InChI=1S/C15H20BrNO/c1-14(2)5-6-15(9-14)8-12(17)11-7-10(16)3-4-13(11)18-15/h3-4,7,12H,5-6,8-9,17H2,1-2H3/t12-,15?/m1/s1. The molecule has 1 fully saturated rings. The van der Waals surface area contributed by atoms with Crippen molar-refractivity contribution in [2.75, 3.05) is 0 Å². The van der Waals surface area contributed by atoms with Gasteiger partial charge in [0.15, 0.2) is 0 Å². The molecule has 1 aromatic carbocycles. The van der Waals surface area contributed by atoms with E-state index in [2.05, 4.69) is 35.8 Å². The van der Waals surface area contributed by atoms with Crippen LogP contribution in [0, 0.1) is 5.41 Å². The summed E-state index contributed by atoms with van der Waals surface area (Å²) in [6, 6.07) is 6.27. The summed E-state index contributed by atoms with van der Waals surface area (Å²) in [5.41, 5.74) is 7.85. The van der Waals surface area contributed by atoms with Gasteiger partial charge in [0.05, 0.1) is 0 Å². The highest BCUT2D eigenvalue weighted by Crippen LogP contribution is 2.52. The number of nitrogens with two attached hydrogens (primary N) is 1. The maximum absolute atomic E-state index is 6.36. The normalized spacial score (nSPS) is 33.2. The fraction of sp³-hybridized carbons (Fsp3) is 0.600. The van der Waals surface area contributed by atoms with E-state index in [0.717, 1.165) is 35.0 Å². The molecule has 2 atom stereocenters. The molecule has 0 aromatic heterocycles. The minimum Gasteiger partial charge on any atom is -0.487 e. The van der Waals surface area contributed by atoms with Crippen molar-refractivity contribution >= 4 is 15.9 Å². The molecule has 1 aliphatic heterocycles. The zero-order valence-corrected chi connectivity index (χ0v) is 12.6. The Bertz CT molecular complexity index is 485. The lowest BCUT2D eigenvalue weighted by molar-refractivity contribution is 0.0331. The van der Waals surface area contributed by atoms with Crippen LogP contribution in [0.4, 0.5) is 0 Å². The number of halogens is 1. The third kappa shape index (κ3) is 2.08. The van der Waals surface area contributed by atoms with Crippen molar-refractivity contribution in [3.8, 4) is 5.75 Å². The average Bonchev–Trinajstić information content (AvgIpc) is 2.56. The molecule has 3 rings (SSSR count). The summed E-state index contributed by atoms with van der Waals surface area (Å²) < 4.78 is 7.41. The van der Waals surface area contributed by atoms with Crippen molar-refractivity contribution in [2.45, 2.75) is 51.2 Å². The Kier molecular flexibility index (Phi) is 2.76. The van der Waals surface area contributed by atoms with Crippen LogP contribution in [0.15, 0.2) is 22.7 Å². The summed E-state index contributed by atoms with van der Waals surface area (Å²) in [7, 11) is 0. The summed E-state index contributed by atoms with van der Waals surface area (Å²) in [6.45, 7) is 4.65. The molecule has 2 aliphatic rings. The molecule has 0 amide bonds. The number of rotatable bonds is 0. The number of fused-ring (bicyclic) bond motifs is 1. The fourth-order valence-electron chi connectivity index (χ4n) is 3.56. The molecule has 1 heterocycles. The van der Waals surface area contributed by atoms with Gasteiger partial charge < -0.3 is 10.5 Å². The fourth-order valence-corrected chi connectivity index (χ4v) is 3.94. The van der Waals surface area contributed by atoms with E-state index in [1.165, 1.54) is 6.42 Å². The molecule has 2 nitrogen and oxygen atoms in total. The second-order valence-corrected chi connectivity index (χ2v) is 7.53. The largest absolute Gasteiger partial charge is 0.487 e. The molecule has 3 heteroatoms. The maximum atomic E-state index is 6.36. The first-order valence-electron chi connectivity index (χ1n) is 6.63. The summed E-state index contributed by atoms with van der Waals surface area (Å²) >= 11 is 3.50. The van der Waals surface area contributed by atoms with Gasteiger partial charge in [0.25, 0.3) is 0 Å². The van der Waals surface area contributed by atoms with E-state index in [4.69, 9.17) is 10.5 Å². The van der Waals surface area contributed by atoms with E-state index in [9.17, 15) is 0 Å². The van der Waals surface area contributed by atoms with Gasteiger partial charge in [0, 0.05) is 22.5 Å². The molecule has 1 saturated carbocycles. The molecule has 0 saturated heterocycles. The zero-order valence-electron chi connectivity index (χ0n) is 11.0. The van der Waals surface area contributed by atoms with Gasteiger partial charge >= 0.3 is 0 Å². The molecule has 18 heavy (non-hydrogen) atoms. The second kappa shape index (κ2) is 3.97. The summed E-state index contributed by atoms with van der Waals surface area (Å²) in [4.78, 5) is 0. The van der Waals surface area contributed by atoms with Crippen molar-refractivity contribution in [1.29, 1.82) is 0 Å². The molecule has 0 radical (unpaired) electrons. The van der Waals surface area contributed by atoms with Crippen LogP contribution in [0.1, 0.15) is 51.1 Å². The van der Waals surface area contributed by atoms with E-state index >= 15 is 0 Å². The highest BCUT2D eigenvalue weighted by molar-refractivity contribution is 9.10. The van der Waals surface area contributed by atoms with Crippen LogP contribution in [-0.4, -0.2) is 5.60 Å². The van der Waals surface area contributed by atoms with E-state index in [1.54, 1.807) is 0 Å². The topological polar surface area (TPSA) is 35.2 Å². The number of ether oxygens (including phenoxy) is 1. The maximum Gasteiger partial charge on any atom is 0.124 e. The Balaban J connectivity index is 1.95. The van der Waals surface area contributed by atoms with Crippen LogP contribution in [-0.2, 0) is 0 Å². The first kappa shape index (κ1) is 12.5. The van der Waals surface area contributed by atoms with Crippen molar-refractivity contribution in [2.24, 2.45) is 11.1 Å². The smallest absolute Gasteiger partial charge is 0.124 e. The van der Waals surface area contributed by atoms with Crippen LogP contribution in [0.3, 0.4) is 0 Å². The minimum absolute atomic E-state index is 0.0241. The van der Waals surface area contributed by atoms with Gasteiger partial charge in [-0.3, -0.25) is 0 Å². The number of benzene rings is 1. The average molecular weight is 310 g/mol. The number of hydrogen-bond donors (Lipinski definition) is 1. The Labute approximate surface area is 117 Å². The van der Waals surface area contributed by atoms with Crippen LogP contribution in [0.5, 0.6) is 5.75 Å². The Morgan fingerprint density at radius 1 is 1.33 bits per heavy atom. The van der Waals surface area contributed by atoms with Gasteiger partial charge in [-0.25, -0.2) is 0 Å². The van der Waals surface area contributed by atoms with Crippen LogP contribution in [0.2, 0.25) is 0 Å². The predicted octanol–water partition coefficient (Wildman–Crippen LogP) is 4.18. The summed E-state index contributed by atoms with van der Waals surface area (Å²) in [5.74, 6) is 0.981. The Morgan fingerprint density at radius 3 is 2.78 bits per heavy atom.